The van der Waals surface area contributed by atoms with Crippen molar-refractivity contribution in [1.29, 1.82) is 0 Å². The molecule has 1 aliphatic heterocycles. The van der Waals surface area contributed by atoms with Gasteiger partial charge in [0.05, 0.1) is 12.6 Å². The molecule has 0 aromatic carbocycles. The lowest BCUT2D eigenvalue weighted by molar-refractivity contribution is 0.239. The Morgan fingerprint density at radius 1 is 1.44 bits per heavy atom. The van der Waals surface area contributed by atoms with Gasteiger partial charge in [-0.25, -0.2) is 9.97 Å². The maximum Gasteiger partial charge on any atom is 0.137 e. The zero-order valence-corrected chi connectivity index (χ0v) is 11.0. The fraction of sp³-hybridized carbons (Fsp3) is 0.692. The van der Waals surface area contributed by atoms with E-state index >= 15 is 0 Å². The predicted molar refractivity (Wildman–Crippen MR) is 72.5 cm³/mol. The number of anilines is 2. The lowest BCUT2D eigenvalue weighted by Crippen LogP contribution is -2.43. The first-order valence-electron chi connectivity index (χ1n) is 6.74. The molecule has 3 N–H and O–H groups in total. The number of aliphatic hydroxyl groups is 1. The number of rotatable bonds is 4. The first kappa shape index (κ1) is 13.1. The third-order valence-electron chi connectivity index (χ3n) is 3.57. The number of aliphatic hydroxyl groups excluding tert-OH is 1. The molecule has 0 amide bonds. The quantitative estimate of drug-likeness (QED) is 0.844. The van der Waals surface area contributed by atoms with Crippen LogP contribution in [0.15, 0.2) is 6.33 Å². The standard InChI is InChI=1S/C13H22N4O/c1-2-5-11-12(14)15-9-16-13(11)17-7-4-3-6-10(17)8-18/h9-10,18H,2-8H2,1H3,(H2,14,15,16). The Balaban J connectivity index is 2.33. The molecule has 1 unspecified atom stereocenters. The summed E-state index contributed by atoms with van der Waals surface area (Å²) in [4.78, 5) is 10.7. The highest BCUT2D eigenvalue weighted by Crippen LogP contribution is 2.28. The van der Waals surface area contributed by atoms with Gasteiger partial charge >= 0.3 is 0 Å². The topological polar surface area (TPSA) is 75.3 Å². The molecule has 1 saturated heterocycles. The number of hydrogen-bond acceptors (Lipinski definition) is 5. The molecular formula is C13H22N4O. The maximum atomic E-state index is 9.50. The van der Waals surface area contributed by atoms with E-state index in [9.17, 15) is 5.11 Å². The van der Waals surface area contributed by atoms with E-state index in [1.54, 1.807) is 0 Å². The van der Waals surface area contributed by atoms with Crippen molar-refractivity contribution in [2.24, 2.45) is 0 Å². The monoisotopic (exact) mass is 250 g/mol. The van der Waals surface area contributed by atoms with Gasteiger partial charge in [-0.2, -0.15) is 0 Å². The zero-order valence-electron chi connectivity index (χ0n) is 11.0. The molecule has 0 spiro atoms. The molecule has 2 heterocycles. The highest BCUT2D eigenvalue weighted by molar-refractivity contribution is 5.57. The maximum absolute atomic E-state index is 9.50. The van der Waals surface area contributed by atoms with Gasteiger partial charge in [0.1, 0.15) is 18.0 Å². The van der Waals surface area contributed by atoms with Crippen LogP contribution in [-0.2, 0) is 6.42 Å². The van der Waals surface area contributed by atoms with Crippen molar-refractivity contribution < 1.29 is 5.11 Å². The van der Waals surface area contributed by atoms with E-state index in [1.165, 1.54) is 12.7 Å². The fourth-order valence-corrected chi connectivity index (χ4v) is 2.62. The van der Waals surface area contributed by atoms with Crippen molar-refractivity contribution in [3.05, 3.63) is 11.9 Å². The van der Waals surface area contributed by atoms with Crippen LogP contribution in [0.4, 0.5) is 11.6 Å². The molecule has 100 valence electrons. The third-order valence-corrected chi connectivity index (χ3v) is 3.57. The van der Waals surface area contributed by atoms with Crippen molar-refractivity contribution in [3.8, 4) is 0 Å². The molecule has 0 saturated carbocycles. The molecule has 2 rings (SSSR count). The predicted octanol–water partition coefficient (Wildman–Crippen LogP) is 1.36. The summed E-state index contributed by atoms with van der Waals surface area (Å²) in [5.74, 6) is 1.49. The number of piperidine rings is 1. The average Bonchev–Trinajstić information content (AvgIpc) is 2.41. The molecule has 0 radical (unpaired) electrons. The Kier molecular flexibility index (Phi) is 4.36. The summed E-state index contributed by atoms with van der Waals surface area (Å²) in [5, 5.41) is 9.50. The molecule has 0 bridgehead atoms. The van der Waals surface area contributed by atoms with Crippen molar-refractivity contribution in [3.63, 3.8) is 0 Å². The van der Waals surface area contributed by atoms with Crippen LogP contribution in [-0.4, -0.2) is 34.3 Å². The number of nitrogen functional groups attached to an aromatic ring is 1. The van der Waals surface area contributed by atoms with Crippen LogP contribution in [0.25, 0.3) is 0 Å². The highest BCUT2D eigenvalue weighted by Gasteiger charge is 2.25. The Morgan fingerprint density at radius 2 is 2.28 bits per heavy atom. The molecule has 1 aromatic rings. The van der Waals surface area contributed by atoms with Crippen LogP contribution in [0.1, 0.15) is 38.2 Å². The minimum Gasteiger partial charge on any atom is -0.394 e. The van der Waals surface area contributed by atoms with Crippen LogP contribution in [0.5, 0.6) is 0 Å². The van der Waals surface area contributed by atoms with Crippen molar-refractivity contribution >= 4 is 11.6 Å². The molecule has 5 nitrogen and oxygen atoms in total. The Morgan fingerprint density at radius 3 is 3.00 bits per heavy atom. The normalized spacial score (nSPS) is 20.1. The summed E-state index contributed by atoms with van der Waals surface area (Å²) in [7, 11) is 0. The number of nitrogens with zero attached hydrogens (tertiary/aromatic N) is 3. The van der Waals surface area contributed by atoms with E-state index in [0.29, 0.717) is 5.82 Å². The molecule has 18 heavy (non-hydrogen) atoms. The van der Waals surface area contributed by atoms with E-state index in [2.05, 4.69) is 21.8 Å². The molecule has 1 aromatic heterocycles. The van der Waals surface area contributed by atoms with Crippen LogP contribution in [0.2, 0.25) is 0 Å². The number of aromatic nitrogens is 2. The number of hydrogen-bond donors (Lipinski definition) is 2. The zero-order chi connectivity index (χ0) is 13.0. The number of nitrogens with two attached hydrogens (primary N) is 1. The minimum atomic E-state index is 0.170. The second kappa shape index (κ2) is 6.00. The largest absolute Gasteiger partial charge is 0.394 e. The second-order valence-corrected chi connectivity index (χ2v) is 4.84. The lowest BCUT2D eigenvalue weighted by Gasteiger charge is -2.36. The molecule has 1 atom stereocenters. The summed E-state index contributed by atoms with van der Waals surface area (Å²) < 4.78 is 0. The van der Waals surface area contributed by atoms with E-state index in [-0.39, 0.29) is 12.6 Å². The minimum absolute atomic E-state index is 0.170. The van der Waals surface area contributed by atoms with Gasteiger partial charge in [0, 0.05) is 12.1 Å². The van der Waals surface area contributed by atoms with Gasteiger partial charge in [-0.15, -0.1) is 0 Å². The van der Waals surface area contributed by atoms with Gasteiger partial charge in [0.15, 0.2) is 0 Å². The first-order chi connectivity index (χ1) is 8.77. The molecule has 1 fully saturated rings. The Hall–Kier alpha value is -1.36. The van der Waals surface area contributed by atoms with Crippen LogP contribution >= 0.6 is 0 Å². The third kappa shape index (κ3) is 2.56. The summed E-state index contributed by atoms with van der Waals surface area (Å²) in [6, 6.07) is 0.170. The first-order valence-corrected chi connectivity index (χ1v) is 6.74. The van der Waals surface area contributed by atoms with Gasteiger partial charge in [0.25, 0.3) is 0 Å². The SMILES string of the molecule is CCCc1c(N)ncnc1N1CCCCC1CO. The van der Waals surface area contributed by atoms with Gasteiger partial charge in [-0.1, -0.05) is 13.3 Å². The van der Waals surface area contributed by atoms with E-state index in [4.69, 9.17) is 5.73 Å². The average molecular weight is 250 g/mol. The van der Waals surface area contributed by atoms with Crippen molar-refractivity contribution in [1.82, 2.24) is 9.97 Å². The fourth-order valence-electron chi connectivity index (χ4n) is 2.62. The Bertz CT molecular complexity index is 397. The van der Waals surface area contributed by atoms with Crippen LogP contribution < -0.4 is 10.6 Å². The van der Waals surface area contributed by atoms with Gasteiger partial charge in [-0.3, -0.25) is 0 Å². The van der Waals surface area contributed by atoms with E-state index < -0.39 is 0 Å². The highest BCUT2D eigenvalue weighted by atomic mass is 16.3. The van der Waals surface area contributed by atoms with Gasteiger partial charge < -0.3 is 15.7 Å². The summed E-state index contributed by atoms with van der Waals surface area (Å²) in [6.07, 6.45) is 6.76. The van der Waals surface area contributed by atoms with E-state index in [1.807, 2.05) is 0 Å². The van der Waals surface area contributed by atoms with Crippen LogP contribution in [0.3, 0.4) is 0 Å². The van der Waals surface area contributed by atoms with E-state index in [0.717, 1.165) is 43.6 Å². The molecule has 5 heteroatoms. The summed E-state index contributed by atoms with van der Waals surface area (Å²) in [5.41, 5.74) is 6.99. The van der Waals surface area contributed by atoms with Crippen LogP contribution in [0, 0.1) is 0 Å². The van der Waals surface area contributed by atoms with Gasteiger partial charge in [-0.05, 0) is 25.7 Å². The van der Waals surface area contributed by atoms with Gasteiger partial charge in [0.2, 0.25) is 0 Å². The van der Waals surface area contributed by atoms with Crippen molar-refractivity contribution in [2.45, 2.75) is 45.1 Å². The molecule has 1 aliphatic rings. The summed E-state index contributed by atoms with van der Waals surface area (Å²) in [6.45, 7) is 3.24. The Labute approximate surface area is 108 Å². The summed E-state index contributed by atoms with van der Waals surface area (Å²) >= 11 is 0. The van der Waals surface area contributed by atoms with Crippen molar-refractivity contribution in [2.75, 3.05) is 23.8 Å². The second-order valence-electron chi connectivity index (χ2n) is 4.84. The molecular weight excluding hydrogens is 228 g/mol. The smallest absolute Gasteiger partial charge is 0.137 e. The molecule has 0 aliphatic carbocycles. The lowest BCUT2D eigenvalue weighted by atomic mass is 10.0.